The van der Waals surface area contributed by atoms with Crippen LogP contribution < -0.4 is 5.73 Å². The van der Waals surface area contributed by atoms with E-state index < -0.39 is 14.8 Å². The van der Waals surface area contributed by atoms with Gasteiger partial charge in [0, 0.05) is 18.7 Å². The molecule has 0 saturated heterocycles. The Bertz CT molecular complexity index is 498. The van der Waals surface area contributed by atoms with E-state index in [4.69, 9.17) is 10.5 Å². The van der Waals surface area contributed by atoms with Gasteiger partial charge in [0.05, 0.1) is 28.8 Å². The molecule has 7 nitrogen and oxygen atoms in total. The van der Waals surface area contributed by atoms with Gasteiger partial charge in [-0.15, -0.1) is 0 Å². The highest BCUT2D eigenvalue weighted by atomic mass is 32.2. The van der Waals surface area contributed by atoms with E-state index in [2.05, 4.69) is 0 Å². The second-order valence-electron chi connectivity index (χ2n) is 3.47. The maximum atomic E-state index is 11.8. The Morgan fingerprint density at radius 1 is 1.22 bits per heavy atom. The summed E-state index contributed by atoms with van der Waals surface area (Å²) in [4.78, 5) is 9.89. The van der Waals surface area contributed by atoms with E-state index in [0.29, 0.717) is 13.2 Å². The zero-order valence-electron chi connectivity index (χ0n) is 9.61. The third-order valence-electron chi connectivity index (χ3n) is 2.17. The molecular weight excluding hydrogens is 260 g/mol. The van der Waals surface area contributed by atoms with Crippen molar-refractivity contribution < 1.29 is 18.1 Å². The fourth-order valence-corrected chi connectivity index (χ4v) is 2.37. The third-order valence-corrected chi connectivity index (χ3v) is 3.86. The van der Waals surface area contributed by atoms with Crippen LogP contribution in [0.15, 0.2) is 29.2 Å². The first-order chi connectivity index (χ1) is 8.47. The van der Waals surface area contributed by atoms with E-state index in [1.807, 2.05) is 0 Å². The molecule has 18 heavy (non-hydrogen) atoms. The lowest BCUT2D eigenvalue weighted by molar-refractivity contribution is -0.384. The molecule has 0 saturated carbocycles. The summed E-state index contributed by atoms with van der Waals surface area (Å²) in [6.07, 6.45) is 0. The Labute approximate surface area is 105 Å². The Balaban J connectivity index is 2.70. The summed E-state index contributed by atoms with van der Waals surface area (Å²) >= 11 is 0. The molecule has 8 heteroatoms. The van der Waals surface area contributed by atoms with Crippen LogP contribution in [0.1, 0.15) is 0 Å². The van der Waals surface area contributed by atoms with Gasteiger partial charge in [0.2, 0.25) is 0 Å². The van der Waals surface area contributed by atoms with Crippen molar-refractivity contribution in [1.82, 2.24) is 0 Å². The number of sulfone groups is 1. The summed E-state index contributed by atoms with van der Waals surface area (Å²) in [7, 11) is -3.47. The van der Waals surface area contributed by atoms with Crippen molar-refractivity contribution >= 4 is 15.5 Å². The minimum absolute atomic E-state index is 0.0458. The average Bonchev–Trinajstić information content (AvgIpc) is 2.35. The van der Waals surface area contributed by atoms with Gasteiger partial charge >= 0.3 is 0 Å². The molecule has 1 aromatic rings. The van der Waals surface area contributed by atoms with Crippen LogP contribution in [0, 0.1) is 10.1 Å². The van der Waals surface area contributed by atoms with Crippen molar-refractivity contribution in [3.63, 3.8) is 0 Å². The summed E-state index contributed by atoms with van der Waals surface area (Å²) < 4.78 is 28.6. The summed E-state index contributed by atoms with van der Waals surface area (Å²) in [5.41, 5.74) is 5.05. The third kappa shape index (κ3) is 4.06. The van der Waals surface area contributed by atoms with Crippen molar-refractivity contribution in [2.75, 3.05) is 25.5 Å². The first-order valence-electron chi connectivity index (χ1n) is 5.22. The largest absolute Gasteiger partial charge is 0.379 e. The number of rotatable bonds is 7. The highest BCUT2D eigenvalue weighted by Gasteiger charge is 2.15. The fourth-order valence-electron chi connectivity index (χ4n) is 1.25. The molecule has 0 spiro atoms. The van der Waals surface area contributed by atoms with Gasteiger partial charge in [-0.1, -0.05) is 0 Å². The topological polar surface area (TPSA) is 113 Å². The molecule has 0 unspecified atom stereocenters. The van der Waals surface area contributed by atoms with Crippen molar-refractivity contribution in [3.05, 3.63) is 34.4 Å². The molecule has 0 atom stereocenters. The molecule has 0 aliphatic rings. The normalized spacial score (nSPS) is 11.4. The van der Waals surface area contributed by atoms with E-state index in [0.717, 1.165) is 12.1 Å². The molecule has 2 N–H and O–H groups in total. The van der Waals surface area contributed by atoms with Gasteiger partial charge in [-0.05, 0) is 12.1 Å². The Kier molecular flexibility index (Phi) is 5.20. The quantitative estimate of drug-likeness (QED) is 0.436. The monoisotopic (exact) mass is 274 g/mol. The molecule has 0 bridgehead atoms. The van der Waals surface area contributed by atoms with Gasteiger partial charge in [-0.25, -0.2) is 8.42 Å². The van der Waals surface area contributed by atoms with Crippen LogP contribution in [-0.2, 0) is 14.6 Å². The minimum Gasteiger partial charge on any atom is -0.379 e. The molecule has 0 fully saturated rings. The van der Waals surface area contributed by atoms with Gasteiger partial charge in [-0.2, -0.15) is 0 Å². The number of nitrogens with two attached hydrogens (primary N) is 1. The zero-order valence-corrected chi connectivity index (χ0v) is 10.4. The predicted octanol–water partition coefficient (Wildman–Crippen LogP) is 0.344. The smallest absolute Gasteiger partial charge is 0.269 e. The summed E-state index contributed by atoms with van der Waals surface area (Å²) in [6, 6.07) is 4.76. The van der Waals surface area contributed by atoms with Gasteiger partial charge in [0.15, 0.2) is 9.84 Å². The van der Waals surface area contributed by atoms with Gasteiger partial charge in [0.1, 0.15) is 0 Å². The number of nitro benzene ring substituents is 1. The van der Waals surface area contributed by atoms with Crippen molar-refractivity contribution in [1.29, 1.82) is 0 Å². The minimum atomic E-state index is -3.47. The molecule has 0 aliphatic heterocycles. The van der Waals surface area contributed by atoms with Crippen molar-refractivity contribution in [3.8, 4) is 0 Å². The predicted molar refractivity (Wildman–Crippen MR) is 65.0 cm³/mol. The van der Waals surface area contributed by atoms with Crippen molar-refractivity contribution in [2.45, 2.75) is 4.90 Å². The second kappa shape index (κ2) is 6.43. The van der Waals surface area contributed by atoms with Gasteiger partial charge in [0.25, 0.3) is 5.69 Å². The Morgan fingerprint density at radius 2 is 1.83 bits per heavy atom. The molecule has 1 rings (SSSR count). The van der Waals surface area contributed by atoms with E-state index in [1.54, 1.807) is 0 Å². The molecule has 0 aromatic heterocycles. The average molecular weight is 274 g/mol. The lowest BCUT2D eigenvalue weighted by atomic mass is 10.3. The van der Waals surface area contributed by atoms with Crippen LogP contribution in [0.2, 0.25) is 0 Å². The Morgan fingerprint density at radius 3 is 2.33 bits per heavy atom. The molecule has 0 amide bonds. The first kappa shape index (κ1) is 14.6. The zero-order chi connectivity index (χ0) is 13.6. The summed E-state index contributed by atoms with van der Waals surface area (Å²) in [5, 5.41) is 10.4. The lowest BCUT2D eigenvalue weighted by Crippen LogP contribution is -2.16. The van der Waals surface area contributed by atoms with E-state index in [9.17, 15) is 18.5 Å². The Hall–Kier alpha value is -1.51. The maximum absolute atomic E-state index is 11.8. The van der Waals surface area contributed by atoms with Gasteiger partial charge < -0.3 is 10.5 Å². The van der Waals surface area contributed by atoms with Crippen molar-refractivity contribution in [2.24, 2.45) is 5.73 Å². The van der Waals surface area contributed by atoms with Crippen LogP contribution in [0.3, 0.4) is 0 Å². The highest BCUT2D eigenvalue weighted by molar-refractivity contribution is 7.91. The molecule has 0 radical (unpaired) electrons. The van der Waals surface area contributed by atoms with Crippen LogP contribution in [0.4, 0.5) is 5.69 Å². The number of hydrogen-bond acceptors (Lipinski definition) is 6. The lowest BCUT2D eigenvalue weighted by Gasteiger charge is -2.04. The number of ether oxygens (including phenoxy) is 1. The van der Waals surface area contributed by atoms with E-state index in [1.165, 1.54) is 12.1 Å². The van der Waals surface area contributed by atoms with Crippen LogP contribution in [-0.4, -0.2) is 38.9 Å². The molecule has 0 heterocycles. The van der Waals surface area contributed by atoms with Gasteiger partial charge in [-0.3, -0.25) is 10.1 Å². The van der Waals surface area contributed by atoms with E-state index >= 15 is 0 Å². The molecular formula is C10H14N2O5S. The number of nitro groups is 1. The maximum Gasteiger partial charge on any atom is 0.269 e. The standard InChI is InChI=1S/C10H14N2O5S/c11-5-6-17-7-8-18(15,16)10-3-1-9(2-4-10)12(13)14/h1-4H,5-8,11H2. The number of hydrogen-bond donors (Lipinski definition) is 1. The second-order valence-corrected chi connectivity index (χ2v) is 5.58. The van der Waals surface area contributed by atoms with Crippen LogP contribution in [0.5, 0.6) is 0 Å². The van der Waals surface area contributed by atoms with E-state index in [-0.39, 0.29) is 22.9 Å². The summed E-state index contributed by atoms with van der Waals surface area (Å²) in [5.74, 6) is -0.176. The van der Waals surface area contributed by atoms with Crippen LogP contribution >= 0.6 is 0 Å². The summed E-state index contributed by atoms with van der Waals surface area (Å²) in [6.45, 7) is 0.684. The first-order valence-corrected chi connectivity index (χ1v) is 6.87. The SMILES string of the molecule is NCCOCCS(=O)(=O)c1ccc([N+](=O)[O-])cc1. The molecule has 1 aromatic carbocycles. The number of benzene rings is 1. The fraction of sp³-hybridized carbons (Fsp3) is 0.400. The molecule has 0 aliphatic carbocycles. The number of non-ortho nitro benzene ring substituents is 1. The highest BCUT2D eigenvalue weighted by Crippen LogP contribution is 2.16. The van der Waals surface area contributed by atoms with Crippen LogP contribution in [0.25, 0.3) is 0 Å². The molecule has 100 valence electrons. The number of nitrogens with zero attached hydrogens (tertiary/aromatic N) is 1.